The molecule has 0 aliphatic carbocycles. The number of rotatable bonds is 7. The van der Waals surface area contributed by atoms with Gasteiger partial charge in [-0.25, -0.2) is 0 Å². The zero-order chi connectivity index (χ0) is 23.3. The van der Waals surface area contributed by atoms with E-state index in [0.29, 0.717) is 34.2 Å². The minimum absolute atomic E-state index is 0.00652. The van der Waals surface area contributed by atoms with Crippen LogP contribution in [-0.4, -0.2) is 15.5 Å². The van der Waals surface area contributed by atoms with Crippen LogP contribution in [0, 0.1) is 0 Å². The van der Waals surface area contributed by atoms with E-state index < -0.39 is 0 Å². The molecule has 5 rings (SSSR count). The lowest BCUT2D eigenvalue weighted by Gasteiger charge is -2.14. The van der Waals surface area contributed by atoms with E-state index in [9.17, 15) is 9.59 Å². The first-order valence-electron chi connectivity index (χ1n) is 11.0. The van der Waals surface area contributed by atoms with Crippen LogP contribution < -0.4 is 10.2 Å². The normalized spacial score (nSPS) is 10.9. The standard InChI is InChI=1S/C28H22N2O4/c31-27(34-18-20-12-14-22(15-13-20)33-19-21-7-5-6-16-29-21)17-30-25-10-3-1-8-23(25)28(32)24-9-2-4-11-26(24)30/h1-16H,17-19H2. The first-order valence-corrected chi connectivity index (χ1v) is 11.0. The van der Waals surface area contributed by atoms with Crippen molar-refractivity contribution in [2.45, 2.75) is 19.8 Å². The van der Waals surface area contributed by atoms with Gasteiger partial charge >= 0.3 is 5.97 Å². The van der Waals surface area contributed by atoms with Crippen molar-refractivity contribution in [3.63, 3.8) is 0 Å². The lowest BCUT2D eigenvalue weighted by atomic mass is 10.1. The summed E-state index contributed by atoms with van der Waals surface area (Å²) in [5.74, 6) is 0.335. The van der Waals surface area contributed by atoms with E-state index in [1.807, 2.05) is 83.4 Å². The number of aromatic nitrogens is 2. The van der Waals surface area contributed by atoms with Gasteiger partial charge in [-0.05, 0) is 54.1 Å². The van der Waals surface area contributed by atoms with Crippen molar-refractivity contribution in [2.75, 3.05) is 0 Å². The van der Waals surface area contributed by atoms with Gasteiger partial charge in [0.25, 0.3) is 0 Å². The fraction of sp³-hybridized carbons (Fsp3) is 0.107. The first kappa shape index (κ1) is 21.4. The summed E-state index contributed by atoms with van der Waals surface area (Å²) in [4.78, 5) is 29.8. The van der Waals surface area contributed by atoms with Crippen LogP contribution in [0.5, 0.6) is 5.75 Å². The number of hydrogen-bond donors (Lipinski definition) is 0. The smallest absolute Gasteiger partial charge is 0.326 e. The van der Waals surface area contributed by atoms with Gasteiger partial charge in [0.1, 0.15) is 25.5 Å². The van der Waals surface area contributed by atoms with Crippen molar-refractivity contribution >= 4 is 27.8 Å². The quantitative estimate of drug-likeness (QED) is 0.261. The number of esters is 1. The van der Waals surface area contributed by atoms with Gasteiger partial charge < -0.3 is 14.0 Å². The van der Waals surface area contributed by atoms with Crippen LogP contribution >= 0.6 is 0 Å². The average molecular weight is 450 g/mol. The third-order valence-corrected chi connectivity index (χ3v) is 5.60. The molecule has 2 heterocycles. The van der Waals surface area contributed by atoms with E-state index in [0.717, 1.165) is 11.3 Å². The summed E-state index contributed by atoms with van der Waals surface area (Å²) in [6.45, 7) is 0.540. The topological polar surface area (TPSA) is 70.4 Å². The fourth-order valence-corrected chi connectivity index (χ4v) is 3.91. The predicted molar refractivity (Wildman–Crippen MR) is 131 cm³/mol. The Morgan fingerprint density at radius 2 is 1.41 bits per heavy atom. The van der Waals surface area contributed by atoms with Gasteiger partial charge in [-0.15, -0.1) is 0 Å². The van der Waals surface area contributed by atoms with E-state index in [1.54, 1.807) is 18.3 Å². The van der Waals surface area contributed by atoms with Crippen molar-refractivity contribution in [1.29, 1.82) is 0 Å². The van der Waals surface area contributed by atoms with Gasteiger partial charge in [0.2, 0.25) is 0 Å². The molecule has 2 aromatic heterocycles. The van der Waals surface area contributed by atoms with Gasteiger partial charge in [-0.2, -0.15) is 0 Å². The molecule has 0 aliphatic rings. The minimum Gasteiger partial charge on any atom is -0.487 e. The van der Waals surface area contributed by atoms with Crippen LogP contribution in [0.3, 0.4) is 0 Å². The molecule has 3 aromatic carbocycles. The maximum absolute atomic E-state index is 12.8. The molecule has 5 aromatic rings. The largest absolute Gasteiger partial charge is 0.487 e. The van der Waals surface area contributed by atoms with Crippen LogP contribution in [0.25, 0.3) is 21.8 Å². The zero-order valence-electron chi connectivity index (χ0n) is 18.4. The monoisotopic (exact) mass is 450 g/mol. The number of para-hydroxylation sites is 2. The van der Waals surface area contributed by atoms with E-state index in [4.69, 9.17) is 9.47 Å². The molecule has 0 spiro atoms. The third kappa shape index (κ3) is 4.52. The number of pyridine rings is 2. The minimum atomic E-state index is -0.380. The SMILES string of the molecule is O=C(Cn1c2ccccc2c(=O)c2ccccc21)OCc1ccc(OCc2ccccn2)cc1. The van der Waals surface area contributed by atoms with E-state index in [-0.39, 0.29) is 24.5 Å². The van der Waals surface area contributed by atoms with Gasteiger partial charge in [-0.3, -0.25) is 14.6 Å². The first-order chi connectivity index (χ1) is 16.7. The van der Waals surface area contributed by atoms with Crippen LogP contribution in [0.4, 0.5) is 0 Å². The van der Waals surface area contributed by atoms with Crippen LogP contribution in [0.15, 0.2) is 102 Å². The molecule has 0 unspecified atom stereocenters. The molecule has 0 atom stereocenters. The second-order valence-corrected chi connectivity index (χ2v) is 7.86. The number of carbonyl (C=O) groups is 1. The summed E-state index contributed by atoms with van der Waals surface area (Å²) in [7, 11) is 0. The fourth-order valence-electron chi connectivity index (χ4n) is 3.91. The highest BCUT2D eigenvalue weighted by molar-refractivity contribution is 5.94. The molecule has 168 valence electrons. The molecular formula is C28H22N2O4. The molecule has 6 heteroatoms. The van der Waals surface area contributed by atoms with Crippen molar-refractivity contribution in [2.24, 2.45) is 0 Å². The average Bonchev–Trinajstić information content (AvgIpc) is 2.90. The Labute approximate surface area is 196 Å². The lowest BCUT2D eigenvalue weighted by Crippen LogP contribution is -2.18. The van der Waals surface area contributed by atoms with Gasteiger partial charge in [0.15, 0.2) is 5.43 Å². The predicted octanol–water partition coefficient (Wildman–Crippen LogP) is 4.87. The number of nitrogens with zero attached hydrogens (tertiary/aromatic N) is 2. The Morgan fingerprint density at radius 3 is 2.06 bits per heavy atom. The summed E-state index contributed by atoms with van der Waals surface area (Å²) < 4.78 is 13.1. The zero-order valence-corrected chi connectivity index (χ0v) is 18.4. The second-order valence-electron chi connectivity index (χ2n) is 7.86. The number of ether oxygens (including phenoxy) is 2. The molecule has 0 saturated carbocycles. The summed E-state index contributed by atoms with van der Waals surface area (Å²) in [6, 6.07) is 27.7. The molecule has 0 saturated heterocycles. The Morgan fingerprint density at radius 1 is 0.765 bits per heavy atom. The van der Waals surface area contributed by atoms with Crippen molar-refractivity contribution in [3.05, 3.63) is 119 Å². The van der Waals surface area contributed by atoms with Crippen LogP contribution in [0.1, 0.15) is 11.3 Å². The maximum atomic E-state index is 12.8. The van der Waals surface area contributed by atoms with Gasteiger partial charge in [0.05, 0.1) is 16.7 Å². The molecule has 0 amide bonds. The van der Waals surface area contributed by atoms with Gasteiger partial charge in [0, 0.05) is 17.0 Å². The highest BCUT2D eigenvalue weighted by Crippen LogP contribution is 2.20. The number of fused-ring (bicyclic) bond motifs is 2. The Kier molecular flexibility index (Phi) is 6.03. The van der Waals surface area contributed by atoms with Crippen LogP contribution in [-0.2, 0) is 29.3 Å². The molecule has 0 aliphatic heterocycles. The summed E-state index contributed by atoms with van der Waals surface area (Å²) in [5, 5.41) is 1.16. The molecule has 0 radical (unpaired) electrons. The van der Waals surface area contributed by atoms with Gasteiger partial charge in [-0.1, -0.05) is 42.5 Å². The Balaban J connectivity index is 1.27. The molecule has 0 bridgehead atoms. The Bertz CT molecular complexity index is 1450. The summed E-state index contributed by atoms with van der Waals surface area (Å²) in [5.41, 5.74) is 3.08. The van der Waals surface area contributed by atoms with Crippen molar-refractivity contribution < 1.29 is 14.3 Å². The number of hydrogen-bond acceptors (Lipinski definition) is 5. The van der Waals surface area contributed by atoms with Crippen molar-refractivity contribution in [3.8, 4) is 5.75 Å². The van der Waals surface area contributed by atoms with E-state index in [2.05, 4.69) is 4.98 Å². The summed E-state index contributed by atoms with van der Waals surface area (Å²) in [6.07, 6.45) is 1.73. The number of benzene rings is 3. The highest BCUT2D eigenvalue weighted by Gasteiger charge is 2.13. The molecule has 0 fully saturated rings. The molecular weight excluding hydrogens is 428 g/mol. The van der Waals surface area contributed by atoms with Crippen molar-refractivity contribution in [1.82, 2.24) is 9.55 Å². The molecule has 0 N–H and O–H groups in total. The van der Waals surface area contributed by atoms with E-state index in [1.165, 1.54) is 0 Å². The maximum Gasteiger partial charge on any atom is 0.326 e. The molecule has 34 heavy (non-hydrogen) atoms. The van der Waals surface area contributed by atoms with Crippen LogP contribution in [0.2, 0.25) is 0 Å². The highest BCUT2D eigenvalue weighted by atomic mass is 16.5. The Hall–Kier alpha value is -4.45. The van der Waals surface area contributed by atoms with E-state index >= 15 is 0 Å². The number of carbonyl (C=O) groups excluding carboxylic acids is 1. The third-order valence-electron chi connectivity index (χ3n) is 5.60. The lowest BCUT2D eigenvalue weighted by molar-refractivity contribution is -0.145. The second kappa shape index (κ2) is 9.58. The summed E-state index contributed by atoms with van der Waals surface area (Å²) >= 11 is 0. The molecule has 6 nitrogen and oxygen atoms in total.